The Kier molecular flexibility index (Phi) is 6.13. The summed E-state index contributed by atoms with van der Waals surface area (Å²) in [7, 11) is 0. The summed E-state index contributed by atoms with van der Waals surface area (Å²) in [6.45, 7) is 0. The van der Waals surface area contributed by atoms with Crippen LogP contribution >= 0.6 is 39.9 Å². The van der Waals surface area contributed by atoms with Crippen LogP contribution in [0.15, 0.2) is 88.2 Å². The number of carbonyl (C=O) groups excluding carboxylic acids is 2. The van der Waals surface area contributed by atoms with E-state index in [1.54, 1.807) is 48.5 Å². The number of amides is 1. The summed E-state index contributed by atoms with van der Waals surface area (Å²) in [4.78, 5) is 27.1. The maximum Gasteiger partial charge on any atom is 0.343 e. The summed E-state index contributed by atoms with van der Waals surface area (Å²) in [5.74, 6) is -0.164. The number of halogens is 1. The lowest BCUT2D eigenvalue weighted by molar-refractivity contribution is -0.113. The zero-order valence-corrected chi connectivity index (χ0v) is 18.7. The molecule has 7 heteroatoms. The number of anilines is 1. The fourth-order valence-electron chi connectivity index (χ4n) is 2.83. The minimum Gasteiger partial charge on any atom is -0.423 e. The Bertz CT molecular complexity index is 1160. The number of nitrogens with zero attached hydrogens (tertiary/aromatic N) is 1. The van der Waals surface area contributed by atoms with Crippen molar-refractivity contribution in [2.24, 2.45) is 0 Å². The van der Waals surface area contributed by atoms with Gasteiger partial charge in [-0.05, 0) is 54.1 Å². The molecule has 0 aliphatic carbocycles. The van der Waals surface area contributed by atoms with E-state index in [1.807, 2.05) is 36.4 Å². The monoisotopic (exact) mass is 495 g/mol. The van der Waals surface area contributed by atoms with E-state index in [1.165, 1.54) is 16.7 Å². The molecule has 1 heterocycles. The van der Waals surface area contributed by atoms with Crippen LogP contribution < -0.4 is 9.64 Å². The highest BCUT2D eigenvalue weighted by atomic mass is 79.9. The standard InChI is InChI=1S/C23H14BrNO3S2/c24-17-6-4-5-16(14-17)22(27)28-19-11-9-15(10-12-19)13-20-21(26)25(23(29)30-20)18-7-2-1-3-8-18/h1-14H/b20-13-. The third-order valence-corrected chi connectivity index (χ3v) is 6.05. The van der Waals surface area contributed by atoms with Crippen LogP contribution in [0.5, 0.6) is 5.75 Å². The molecule has 3 aromatic carbocycles. The molecule has 0 aromatic heterocycles. The number of thiocarbonyl (C=S) groups is 1. The van der Waals surface area contributed by atoms with Crippen molar-refractivity contribution in [3.05, 3.63) is 99.4 Å². The molecule has 1 aliphatic rings. The fourth-order valence-corrected chi connectivity index (χ4v) is 4.53. The van der Waals surface area contributed by atoms with Gasteiger partial charge in [0.05, 0.1) is 16.2 Å². The molecule has 0 N–H and O–H groups in total. The normalized spacial score (nSPS) is 15.0. The molecular weight excluding hydrogens is 482 g/mol. The van der Waals surface area contributed by atoms with Gasteiger partial charge in [0.2, 0.25) is 0 Å². The number of hydrogen-bond donors (Lipinski definition) is 0. The first kappa shape index (κ1) is 20.5. The molecule has 4 rings (SSSR count). The molecule has 0 radical (unpaired) electrons. The summed E-state index contributed by atoms with van der Waals surface area (Å²) in [6, 6.07) is 23.3. The largest absolute Gasteiger partial charge is 0.423 e. The van der Waals surface area contributed by atoms with Gasteiger partial charge in [-0.1, -0.05) is 76.3 Å². The molecular formula is C23H14BrNO3S2. The van der Waals surface area contributed by atoms with Crippen LogP contribution in [0, 0.1) is 0 Å². The van der Waals surface area contributed by atoms with Gasteiger partial charge in [0, 0.05) is 4.47 Å². The van der Waals surface area contributed by atoms with Crippen molar-refractivity contribution in [1.29, 1.82) is 0 Å². The van der Waals surface area contributed by atoms with Gasteiger partial charge in [0.25, 0.3) is 5.91 Å². The summed E-state index contributed by atoms with van der Waals surface area (Å²) in [5, 5.41) is 0. The summed E-state index contributed by atoms with van der Waals surface area (Å²) in [5.41, 5.74) is 2.02. The van der Waals surface area contributed by atoms with Gasteiger partial charge in [0.15, 0.2) is 4.32 Å². The Morgan fingerprint density at radius 1 is 1.00 bits per heavy atom. The van der Waals surface area contributed by atoms with Crippen molar-refractivity contribution in [3.63, 3.8) is 0 Å². The number of benzene rings is 3. The Balaban J connectivity index is 1.48. The smallest absolute Gasteiger partial charge is 0.343 e. The van der Waals surface area contributed by atoms with Gasteiger partial charge in [-0.2, -0.15) is 0 Å². The number of rotatable bonds is 4. The zero-order chi connectivity index (χ0) is 21.1. The maximum absolute atomic E-state index is 12.8. The molecule has 0 saturated carbocycles. The molecule has 148 valence electrons. The quantitative estimate of drug-likeness (QED) is 0.190. The molecule has 1 fully saturated rings. The second-order valence-electron chi connectivity index (χ2n) is 6.32. The van der Waals surface area contributed by atoms with E-state index in [-0.39, 0.29) is 5.91 Å². The Hall–Kier alpha value is -2.74. The number of ether oxygens (including phenoxy) is 1. The first-order valence-corrected chi connectivity index (χ1v) is 10.9. The molecule has 1 saturated heterocycles. The highest BCUT2D eigenvalue weighted by Crippen LogP contribution is 2.36. The van der Waals surface area contributed by atoms with Crippen LogP contribution in [0.25, 0.3) is 6.08 Å². The van der Waals surface area contributed by atoms with Crippen molar-refractivity contribution >= 4 is 67.9 Å². The molecule has 0 unspecified atom stereocenters. The highest BCUT2D eigenvalue weighted by molar-refractivity contribution is 9.10. The molecule has 0 spiro atoms. The van der Waals surface area contributed by atoms with E-state index < -0.39 is 5.97 Å². The van der Waals surface area contributed by atoms with E-state index in [4.69, 9.17) is 17.0 Å². The lowest BCUT2D eigenvalue weighted by atomic mass is 10.2. The van der Waals surface area contributed by atoms with E-state index in [2.05, 4.69) is 15.9 Å². The van der Waals surface area contributed by atoms with Crippen LogP contribution in [-0.2, 0) is 4.79 Å². The third kappa shape index (κ3) is 4.53. The number of hydrogen-bond acceptors (Lipinski definition) is 5. The Morgan fingerprint density at radius 2 is 1.73 bits per heavy atom. The minimum absolute atomic E-state index is 0.152. The Labute approximate surface area is 191 Å². The van der Waals surface area contributed by atoms with Crippen molar-refractivity contribution in [2.75, 3.05) is 4.90 Å². The van der Waals surface area contributed by atoms with Crippen molar-refractivity contribution in [2.45, 2.75) is 0 Å². The lowest BCUT2D eigenvalue weighted by Gasteiger charge is -2.13. The first-order chi connectivity index (χ1) is 14.5. The summed E-state index contributed by atoms with van der Waals surface area (Å²) < 4.78 is 6.71. The van der Waals surface area contributed by atoms with E-state index in [0.29, 0.717) is 20.5 Å². The summed E-state index contributed by atoms with van der Waals surface area (Å²) >= 11 is 9.99. The average molecular weight is 496 g/mol. The predicted molar refractivity (Wildman–Crippen MR) is 128 cm³/mol. The second-order valence-corrected chi connectivity index (χ2v) is 8.91. The average Bonchev–Trinajstić information content (AvgIpc) is 3.03. The topological polar surface area (TPSA) is 46.6 Å². The van der Waals surface area contributed by atoms with Crippen LogP contribution in [-0.4, -0.2) is 16.2 Å². The van der Waals surface area contributed by atoms with Crippen LogP contribution in [0.3, 0.4) is 0 Å². The van der Waals surface area contributed by atoms with Gasteiger partial charge < -0.3 is 4.74 Å². The van der Waals surface area contributed by atoms with E-state index >= 15 is 0 Å². The van der Waals surface area contributed by atoms with Crippen molar-refractivity contribution in [1.82, 2.24) is 0 Å². The van der Waals surface area contributed by atoms with E-state index in [9.17, 15) is 9.59 Å². The van der Waals surface area contributed by atoms with Gasteiger partial charge >= 0.3 is 5.97 Å². The van der Waals surface area contributed by atoms with E-state index in [0.717, 1.165) is 15.7 Å². The van der Waals surface area contributed by atoms with Crippen LogP contribution in [0.1, 0.15) is 15.9 Å². The fraction of sp³-hybridized carbons (Fsp3) is 0. The maximum atomic E-state index is 12.8. The first-order valence-electron chi connectivity index (χ1n) is 8.92. The molecule has 0 atom stereocenters. The summed E-state index contributed by atoms with van der Waals surface area (Å²) in [6.07, 6.45) is 1.78. The van der Waals surface area contributed by atoms with Gasteiger partial charge in [0.1, 0.15) is 5.75 Å². The van der Waals surface area contributed by atoms with Gasteiger partial charge in [-0.25, -0.2) is 4.79 Å². The van der Waals surface area contributed by atoms with Crippen LogP contribution in [0.2, 0.25) is 0 Å². The molecule has 1 amide bonds. The van der Waals surface area contributed by atoms with Gasteiger partial charge in [-0.15, -0.1) is 0 Å². The molecule has 1 aliphatic heterocycles. The molecule has 4 nitrogen and oxygen atoms in total. The molecule has 0 bridgehead atoms. The molecule has 3 aromatic rings. The lowest BCUT2D eigenvalue weighted by Crippen LogP contribution is -2.27. The number of esters is 1. The van der Waals surface area contributed by atoms with Crippen LogP contribution in [0.4, 0.5) is 5.69 Å². The number of carbonyl (C=O) groups is 2. The zero-order valence-electron chi connectivity index (χ0n) is 15.4. The second kappa shape index (κ2) is 8.95. The van der Waals surface area contributed by atoms with Gasteiger partial charge in [-0.3, -0.25) is 9.69 Å². The van der Waals surface area contributed by atoms with Crippen molar-refractivity contribution < 1.29 is 14.3 Å². The SMILES string of the molecule is O=C(Oc1ccc(/C=C2\SC(=S)N(c3ccccc3)C2=O)cc1)c1cccc(Br)c1. The highest BCUT2D eigenvalue weighted by Gasteiger charge is 2.33. The number of thioether (sulfide) groups is 1. The Morgan fingerprint density at radius 3 is 2.43 bits per heavy atom. The third-order valence-electron chi connectivity index (χ3n) is 4.26. The minimum atomic E-state index is -0.437. The predicted octanol–water partition coefficient (Wildman–Crippen LogP) is 6.07. The number of para-hydroxylation sites is 1. The van der Waals surface area contributed by atoms with Crippen molar-refractivity contribution in [3.8, 4) is 5.75 Å². The molecule has 30 heavy (non-hydrogen) atoms.